The topological polar surface area (TPSA) is 106 Å². The molecule has 41 heavy (non-hydrogen) atoms. The van der Waals surface area contributed by atoms with Crippen LogP contribution in [0.15, 0.2) is 65.8 Å². The number of fused-ring (bicyclic) bond motifs is 2. The van der Waals surface area contributed by atoms with E-state index in [2.05, 4.69) is 15.8 Å². The third kappa shape index (κ3) is 6.44. The average molecular weight is 574 g/mol. The fourth-order valence-electron chi connectivity index (χ4n) is 4.72. The minimum absolute atomic E-state index is 0.196. The lowest BCUT2D eigenvalue weighted by Gasteiger charge is -2.12. The van der Waals surface area contributed by atoms with Gasteiger partial charge in [-0.05, 0) is 72.7 Å². The highest BCUT2D eigenvalue weighted by Crippen LogP contribution is 2.38. The molecule has 4 aromatic rings. The van der Waals surface area contributed by atoms with Crippen LogP contribution in [0.2, 0.25) is 0 Å². The van der Waals surface area contributed by atoms with Gasteiger partial charge in [0.15, 0.2) is 0 Å². The number of esters is 1. The lowest BCUT2D eigenvalue weighted by molar-refractivity contribution is -0.136. The van der Waals surface area contributed by atoms with Gasteiger partial charge in [0.05, 0.1) is 18.4 Å². The van der Waals surface area contributed by atoms with Crippen molar-refractivity contribution >= 4 is 51.1 Å². The molecule has 0 fully saturated rings. The average Bonchev–Trinajstić information content (AvgIpc) is 3.35. The summed E-state index contributed by atoms with van der Waals surface area (Å²) in [6.45, 7) is 2.12. The zero-order chi connectivity index (χ0) is 28.8. The van der Waals surface area contributed by atoms with Crippen LogP contribution < -0.4 is 15.5 Å². The quantitative estimate of drug-likeness (QED) is 0.121. The number of nitrogens with zero attached hydrogens (tertiary/aromatic N) is 1. The molecule has 2 N–H and O–H groups in total. The number of amides is 2. The summed E-state index contributed by atoms with van der Waals surface area (Å²) in [5.41, 5.74) is 4.86. The third-order valence-corrected chi connectivity index (χ3v) is 7.89. The second-order valence-corrected chi connectivity index (χ2v) is 10.5. The molecule has 0 saturated heterocycles. The molecule has 2 amide bonds. The number of thiophene rings is 1. The van der Waals surface area contributed by atoms with E-state index in [1.54, 1.807) is 25.1 Å². The molecule has 0 aliphatic heterocycles. The van der Waals surface area contributed by atoms with Crippen molar-refractivity contribution in [3.05, 3.63) is 93.6 Å². The fraction of sp³-hybridized carbons (Fsp3) is 0.226. The van der Waals surface area contributed by atoms with Gasteiger partial charge in [-0.1, -0.05) is 42.5 Å². The van der Waals surface area contributed by atoms with Crippen LogP contribution >= 0.6 is 11.3 Å². The predicted octanol–water partition coefficient (Wildman–Crippen LogP) is 5.76. The van der Waals surface area contributed by atoms with Gasteiger partial charge in [0, 0.05) is 10.4 Å². The minimum Gasteiger partial charge on any atom is -0.488 e. The number of carbonyl (C=O) groups is 3. The first kappa shape index (κ1) is 28.0. The van der Waals surface area contributed by atoms with Gasteiger partial charge in [0.2, 0.25) is 0 Å². The van der Waals surface area contributed by atoms with Crippen LogP contribution in [0.4, 0.5) is 9.39 Å². The number of carbonyl (C=O) groups excluding carboxylic acids is 3. The van der Waals surface area contributed by atoms with Crippen molar-refractivity contribution in [2.45, 2.75) is 39.2 Å². The molecule has 1 aromatic heterocycles. The van der Waals surface area contributed by atoms with E-state index in [0.29, 0.717) is 21.9 Å². The number of hydrogen-bond donors (Lipinski definition) is 2. The lowest BCUT2D eigenvalue weighted by atomic mass is 9.95. The molecule has 3 aromatic carbocycles. The predicted molar refractivity (Wildman–Crippen MR) is 156 cm³/mol. The molecule has 0 bridgehead atoms. The first-order chi connectivity index (χ1) is 19.9. The maximum atomic E-state index is 13.3. The highest BCUT2D eigenvalue weighted by molar-refractivity contribution is 7.17. The number of nitrogens with one attached hydrogen (secondary N) is 2. The Labute approximate surface area is 240 Å². The van der Waals surface area contributed by atoms with Crippen LogP contribution in [-0.2, 0) is 33.8 Å². The summed E-state index contributed by atoms with van der Waals surface area (Å²) >= 11 is 1.30. The van der Waals surface area contributed by atoms with E-state index in [9.17, 15) is 18.8 Å². The van der Waals surface area contributed by atoms with E-state index in [1.165, 1.54) is 29.7 Å². The highest BCUT2D eigenvalue weighted by Gasteiger charge is 2.28. The van der Waals surface area contributed by atoms with E-state index < -0.39 is 17.8 Å². The first-order valence-electron chi connectivity index (χ1n) is 13.3. The standard InChI is InChI=1S/C31H28FN3O5S/c1-2-39-31(38)27-23-9-5-6-10-26(23)41-30(27)34-28(36)29(37)35-33-17-24-22-8-4-3-7-20(22)13-16-25(24)40-18-19-11-14-21(32)15-12-19/h3-4,7-8,11-17H,2,5-6,9-10,18H2,1H3,(H,34,36)(H,35,37)/b33-17-. The molecule has 5 rings (SSSR count). The van der Waals surface area contributed by atoms with Crippen molar-refractivity contribution in [3.63, 3.8) is 0 Å². The third-order valence-electron chi connectivity index (χ3n) is 6.68. The number of rotatable bonds is 8. The van der Waals surface area contributed by atoms with Gasteiger partial charge >= 0.3 is 17.8 Å². The van der Waals surface area contributed by atoms with Gasteiger partial charge in [0.25, 0.3) is 0 Å². The summed E-state index contributed by atoms with van der Waals surface area (Å²) in [6.07, 6.45) is 4.91. The summed E-state index contributed by atoms with van der Waals surface area (Å²) in [4.78, 5) is 39.1. The Morgan fingerprint density at radius 1 is 1.00 bits per heavy atom. The molecule has 1 heterocycles. The largest absolute Gasteiger partial charge is 0.488 e. The molecular weight excluding hydrogens is 545 g/mol. The van der Waals surface area contributed by atoms with Crippen molar-refractivity contribution < 1.29 is 28.2 Å². The highest BCUT2D eigenvalue weighted by atomic mass is 32.1. The summed E-state index contributed by atoms with van der Waals surface area (Å²) in [6, 6.07) is 17.3. The van der Waals surface area contributed by atoms with Gasteiger partial charge in [0.1, 0.15) is 23.2 Å². The van der Waals surface area contributed by atoms with Crippen LogP contribution in [-0.4, -0.2) is 30.6 Å². The normalized spacial score (nSPS) is 12.6. The molecule has 0 saturated carbocycles. The minimum atomic E-state index is -0.989. The maximum Gasteiger partial charge on any atom is 0.341 e. The molecule has 8 nitrogen and oxygen atoms in total. The molecule has 210 valence electrons. The van der Waals surface area contributed by atoms with E-state index >= 15 is 0 Å². The number of aryl methyl sites for hydroxylation is 1. The Morgan fingerprint density at radius 3 is 2.59 bits per heavy atom. The molecule has 0 spiro atoms. The van der Waals surface area contributed by atoms with E-state index in [1.807, 2.05) is 30.3 Å². The van der Waals surface area contributed by atoms with Crippen molar-refractivity contribution in [1.29, 1.82) is 0 Å². The van der Waals surface area contributed by atoms with Crippen LogP contribution in [0, 0.1) is 5.82 Å². The Hall–Kier alpha value is -4.57. The molecule has 10 heteroatoms. The van der Waals surface area contributed by atoms with Crippen molar-refractivity contribution in [3.8, 4) is 5.75 Å². The maximum absolute atomic E-state index is 13.3. The zero-order valence-corrected chi connectivity index (χ0v) is 23.2. The SMILES string of the molecule is CCOC(=O)c1c(NC(=O)C(=O)N/N=C\c2c(OCc3ccc(F)cc3)ccc3ccccc23)sc2c1CCCC2. The molecule has 0 atom stereocenters. The van der Waals surface area contributed by atoms with Gasteiger partial charge in [-0.2, -0.15) is 5.10 Å². The number of halogens is 1. The molecule has 0 radical (unpaired) electrons. The second-order valence-electron chi connectivity index (χ2n) is 9.40. The van der Waals surface area contributed by atoms with Crippen molar-refractivity contribution in [1.82, 2.24) is 5.43 Å². The molecule has 1 aliphatic rings. The monoisotopic (exact) mass is 573 g/mol. The lowest BCUT2D eigenvalue weighted by Crippen LogP contribution is -2.32. The van der Waals surface area contributed by atoms with E-state index in [-0.39, 0.29) is 19.0 Å². The Morgan fingerprint density at radius 2 is 1.78 bits per heavy atom. The summed E-state index contributed by atoms with van der Waals surface area (Å²) in [7, 11) is 0. The number of benzene rings is 3. The summed E-state index contributed by atoms with van der Waals surface area (Å²) in [5, 5.41) is 8.68. The summed E-state index contributed by atoms with van der Waals surface area (Å²) in [5.74, 6) is -2.28. The Bertz CT molecular complexity index is 1630. The number of hydrazone groups is 1. The van der Waals surface area contributed by atoms with E-state index in [4.69, 9.17) is 9.47 Å². The Kier molecular flexibility index (Phi) is 8.69. The molecular formula is C31H28FN3O5S. The van der Waals surface area contributed by atoms with Crippen molar-refractivity contribution in [2.75, 3.05) is 11.9 Å². The zero-order valence-electron chi connectivity index (χ0n) is 22.4. The van der Waals surface area contributed by atoms with Crippen LogP contribution in [0.1, 0.15) is 51.7 Å². The van der Waals surface area contributed by atoms with Gasteiger partial charge in [-0.3, -0.25) is 9.59 Å². The number of ether oxygens (including phenoxy) is 2. The molecule has 1 aliphatic carbocycles. The summed E-state index contributed by atoms with van der Waals surface area (Å²) < 4.78 is 24.5. The van der Waals surface area contributed by atoms with Gasteiger partial charge in [-0.15, -0.1) is 11.3 Å². The van der Waals surface area contributed by atoms with Crippen LogP contribution in [0.5, 0.6) is 5.75 Å². The smallest absolute Gasteiger partial charge is 0.341 e. The van der Waals surface area contributed by atoms with Gasteiger partial charge < -0.3 is 14.8 Å². The second kappa shape index (κ2) is 12.7. The number of anilines is 1. The van der Waals surface area contributed by atoms with Crippen LogP contribution in [0.25, 0.3) is 10.8 Å². The Balaban J connectivity index is 1.32. The fourth-order valence-corrected chi connectivity index (χ4v) is 5.99. The van der Waals surface area contributed by atoms with Crippen LogP contribution in [0.3, 0.4) is 0 Å². The first-order valence-corrected chi connectivity index (χ1v) is 14.1. The molecule has 0 unspecified atom stereocenters. The van der Waals surface area contributed by atoms with Gasteiger partial charge in [-0.25, -0.2) is 14.6 Å². The van der Waals surface area contributed by atoms with Crippen molar-refractivity contribution in [2.24, 2.45) is 5.10 Å². The number of hydrogen-bond acceptors (Lipinski definition) is 7. The van der Waals surface area contributed by atoms with E-state index in [0.717, 1.165) is 52.5 Å².